The number of anilines is 1. The van der Waals surface area contributed by atoms with Gasteiger partial charge in [-0.15, -0.1) is 0 Å². The van der Waals surface area contributed by atoms with Crippen LogP contribution in [0.4, 0.5) is 5.82 Å². The molecule has 0 aliphatic carbocycles. The summed E-state index contributed by atoms with van der Waals surface area (Å²) in [5, 5.41) is 0. The molecule has 16 heavy (non-hydrogen) atoms. The van der Waals surface area contributed by atoms with Crippen LogP contribution in [0.1, 0.15) is 38.7 Å². The van der Waals surface area contributed by atoms with E-state index in [0.29, 0.717) is 12.1 Å². The average molecular weight is 283 g/mol. The first-order valence-electron chi connectivity index (χ1n) is 6.04. The molecule has 3 heteroatoms. The Bertz CT molecular complexity index is 378. The van der Waals surface area contributed by atoms with Crippen molar-refractivity contribution in [2.75, 3.05) is 4.90 Å². The Labute approximate surface area is 106 Å². The lowest BCUT2D eigenvalue weighted by molar-refractivity contribution is 0.619. The molecular formula is C13H19BrN2. The molecule has 1 fully saturated rings. The van der Waals surface area contributed by atoms with Crippen LogP contribution >= 0.6 is 15.9 Å². The fraction of sp³-hybridized carbons (Fsp3) is 0.615. The predicted molar refractivity (Wildman–Crippen MR) is 71.9 cm³/mol. The van der Waals surface area contributed by atoms with Gasteiger partial charge in [0.05, 0.1) is 0 Å². The Morgan fingerprint density at radius 3 is 2.88 bits per heavy atom. The summed E-state index contributed by atoms with van der Waals surface area (Å²) in [6, 6.07) is 3.44. The van der Waals surface area contributed by atoms with Crippen LogP contribution in [0.2, 0.25) is 0 Å². The van der Waals surface area contributed by atoms with Crippen LogP contribution < -0.4 is 4.90 Å². The van der Waals surface area contributed by atoms with Gasteiger partial charge in [0.15, 0.2) is 0 Å². The molecule has 2 nitrogen and oxygen atoms in total. The molecule has 0 N–H and O–H groups in total. The molecule has 0 saturated carbocycles. The summed E-state index contributed by atoms with van der Waals surface area (Å²) >= 11 is 3.47. The summed E-state index contributed by atoms with van der Waals surface area (Å²) in [6.07, 6.45) is 5.70. The molecule has 2 unspecified atom stereocenters. The van der Waals surface area contributed by atoms with Crippen molar-refractivity contribution < 1.29 is 0 Å². The van der Waals surface area contributed by atoms with E-state index >= 15 is 0 Å². The van der Waals surface area contributed by atoms with Crippen molar-refractivity contribution in [3.05, 3.63) is 22.3 Å². The highest BCUT2D eigenvalue weighted by Gasteiger charge is 2.30. The van der Waals surface area contributed by atoms with Crippen molar-refractivity contribution in [1.82, 2.24) is 4.98 Å². The smallest absolute Gasteiger partial charge is 0.131 e. The van der Waals surface area contributed by atoms with Crippen LogP contribution in [-0.4, -0.2) is 17.1 Å². The number of aromatic nitrogens is 1. The van der Waals surface area contributed by atoms with E-state index in [-0.39, 0.29) is 0 Å². The Balaban J connectivity index is 2.34. The maximum Gasteiger partial charge on any atom is 0.131 e. The molecule has 0 bridgehead atoms. The van der Waals surface area contributed by atoms with Crippen LogP contribution in [0.25, 0.3) is 0 Å². The molecule has 2 heterocycles. The summed E-state index contributed by atoms with van der Waals surface area (Å²) in [7, 11) is 0. The quantitative estimate of drug-likeness (QED) is 0.817. The number of nitrogens with zero attached hydrogens (tertiary/aromatic N) is 2. The molecule has 1 saturated heterocycles. The van der Waals surface area contributed by atoms with Gasteiger partial charge in [0.1, 0.15) is 5.82 Å². The fourth-order valence-electron chi connectivity index (χ4n) is 2.66. The lowest BCUT2D eigenvalue weighted by Crippen LogP contribution is -2.35. The van der Waals surface area contributed by atoms with Gasteiger partial charge in [0.25, 0.3) is 0 Å². The van der Waals surface area contributed by atoms with Crippen molar-refractivity contribution in [2.45, 2.75) is 52.1 Å². The Hall–Kier alpha value is -0.570. The number of hydrogen-bond acceptors (Lipinski definition) is 2. The second kappa shape index (κ2) is 4.74. The molecule has 2 atom stereocenters. The van der Waals surface area contributed by atoms with Gasteiger partial charge in [-0.1, -0.05) is 6.92 Å². The zero-order valence-electron chi connectivity index (χ0n) is 10.2. The highest BCUT2D eigenvalue weighted by Crippen LogP contribution is 2.33. The van der Waals surface area contributed by atoms with Crippen LogP contribution in [0.15, 0.2) is 16.7 Å². The van der Waals surface area contributed by atoms with E-state index in [4.69, 9.17) is 0 Å². The van der Waals surface area contributed by atoms with Crippen LogP contribution in [0, 0.1) is 6.92 Å². The van der Waals surface area contributed by atoms with Gasteiger partial charge in [0.2, 0.25) is 0 Å². The van der Waals surface area contributed by atoms with Crippen LogP contribution in [0.3, 0.4) is 0 Å². The van der Waals surface area contributed by atoms with E-state index in [2.05, 4.69) is 52.7 Å². The standard InChI is InChI=1S/C13H19BrN2/c1-4-12-6-5-10(3)16(12)13-9(2)7-11(14)8-15-13/h7-8,10,12H,4-6H2,1-3H3. The van der Waals surface area contributed by atoms with Crippen molar-refractivity contribution >= 4 is 21.7 Å². The third kappa shape index (κ3) is 2.10. The van der Waals surface area contributed by atoms with Gasteiger partial charge in [-0.2, -0.15) is 0 Å². The van der Waals surface area contributed by atoms with E-state index in [0.717, 1.165) is 4.47 Å². The monoisotopic (exact) mass is 282 g/mol. The molecule has 0 spiro atoms. The summed E-state index contributed by atoms with van der Waals surface area (Å²) in [4.78, 5) is 7.09. The molecule has 0 aromatic carbocycles. The summed E-state index contributed by atoms with van der Waals surface area (Å²) in [6.45, 7) is 6.72. The van der Waals surface area contributed by atoms with Crippen LogP contribution in [-0.2, 0) is 0 Å². The predicted octanol–water partition coefficient (Wildman–Crippen LogP) is 3.92. The molecular weight excluding hydrogens is 264 g/mol. The lowest BCUT2D eigenvalue weighted by atomic mass is 10.1. The second-order valence-electron chi connectivity index (χ2n) is 4.69. The Kier molecular flexibility index (Phi) is 3.53. The Morgan fingerprint density at radius 2 is 2.25 bits per heavy atom. The Morgan fingerprint density at radius 1 is 1.50 bits per heavy atom. The van der Waals surface area contributed by atoms with Crippen molar-refractivity contribution in [1.29, 1.82) is 0 Å². The fourth-order valence-corrected chi connectivity index (χ4v) is 3.10. The average Bonchev–Trinajstić information content (AvgIpc) is 2.60. The largest absolute Gasteiger partial charge is 0.351 e. The van der Waals surface area contributed by atoms with E-state index < -0.39 is 0 Å². The molecule has 1 aliphatic heterocycles. The van der Waals surface area contributed by atoms with Gasteiger partial charge in [0, 0.05) is 22.8 Å². The maximum atomic E-state index is 4.59. The van der Waals surface area contributed by atoms with E-state index in [1.807, 2.05) is 6.20 Å². The number of rotatable bonds is 2. The number of hydrogen-bond donors (Lipinski definition) is 0. The zero-order chi connectivity index (χ0) is 11.7. The SMILES string of the molecule is CCC1CCC(C)N1c1ncc(Br)cc1C. The van der Waals surface area contributed by atoms with Gasteiger partial charge in [-0.3, -0.25) is 0 Å². The summed E-state index contributed by atoms with van der Waals surface area (Å²) in [5.74, 6) is 1.17. The van der Waals surface area contributed by atoms with E-state index in [1.165, 1.54) is 30.6 Å². The van der Waals surface area contributed by atoms with E-state index in [9.17, 15) is 0 Å². The molecule has 1 aliphatic rings. The van der Waals surface area contributed by atoms with Crippen molar-refractivity contribution in [2.24, 2.45) is 0 Å². The van der Waals surface area contributed by atoms with Gasteiger partial charge in [-0.25, -0.2) is 4.98 Å². The number of pyridine rings is 1. The minimum absolute atomic E-state index is 0.623. The molecule has 0 radical (unpaired) electrons. The minimum Gasteiger partial charge on any atom is -0.351 e. The third-order valence-corrected chi connectivity index (χ3v) is 3.95. The second-order valence-corrected chi connectivity index (χ2v) is 5.61. The normalized spacial score (nSPS) is 25.1. The molecule has 88 valence electrons. The van der Waals surface area contributed by atoms with Crippen molar-refractivity contribution in [3.63, 3.8) is 0 Å². The third-order valence-electron chi connectivity index (χ3n) is 3.52. The van der Waals surface area contributed by atoms with Crippen molar-refractivity contribution in [3.8, 4) is 0 Å². The first kappa shape index (κ1) is 11.9. The first-order chi connectivity index (χ1) is 7.63. The number of aryl methyl sites for hydroxylation is 1. The molecule has 0 amide bonds. The van der Waals surface area contributed by atoms with Crippen LogP contribution in [0.5, 0.6) is 0 Å². The number of halogens is 1. The van der Waals surface area contributed by atoms with Gasteiger partial charge >= 0.3 is 0 Å². The molecule has 1 aromatic rings. The van der Waals surface area contributed by atoms with Gasteiger partial charge < -0.3 is 4.90 Å². The zero-order valence-corrected chi connectivity index (χ0v) is 11.8. The highest BCUT2D eigenvalue weighted by atomic mass is 79.9. The van der Waals surface area contributed by atoms with Gasteiger partial charge in [-0.05, 0) is 60.7 Å². The van der Waals surface area contributed by atoms with E-state index in [1.54, 1.807) is 0 Å². The first-order valence-corrected chi connectivity index (χ1v) is 6.83. The maximum absolute atomic E-state index is 4.59. The molecule has 2 rings (SSSR count). The topological polar surface area (TPSA) is 16.1 Å². The lowest BCUT2D eigenvalue weighted by Gasteiger charge is -2.30. The minimum atomic E-state index is 0.623. The highest BCUT2D eigenvalue weighted by molar-refractivity contribution is 9.10. The molecule has 1 aromatic heterocycles. The summed E-state index contributed by atoms with van der Waals surface area (Å²) in [5.41, 5.74) is 1.27. The summed E-state index contributed by atoms with van der Waals surface area (Å²) < 4.78 is 1.06.